The van der Waals surface area contributed by atoms with Crippen molar-refractivity contribution in [3.63, 3.8) is 0 Å². The molecule has 1 heterocycles. The smallest absolute Gasteiger partial charge is 0.410 e. The summed E-state index contributed by atoms with van der Waals surface area (Å²) in [4.78, 5) is 25.6. The third-order valence-corrected chi connectivity index (χ3v) is 4.66. The summed E-state index contributed by atoms with van der Waals surface area (Å²) in [5.41, 5.74) is 3.22. The third kappa shape index (κ3) is 5.25. The predicted molar refractivity (Wildman–Crippen MR) is 100 cm³/mol. The van der Waals surface area contributed by atoms with E-state index in [1.807, 2.05) is 32.9 Å². The van der Waals surface area contributed by atoms with E-state index >= 15 is 0 Å². The summed E-state index contributed by atoms with van der Waals surface area (Å²) in [6, 6.07) is 4.09. The Hall–Kier alpha value is -2.50. The van der Waals surface area contributed by atoms with Gasteiger partial charge in [0.15, 0.2) is 6.61 Å². The lowest BCUT2D eigenvalue weighted by Gasteiger charge is -2.31. The highest BCUT2D eigenvalue weighted by atomic mass is 16.6. The predicted octanol–water partition coefficient (Wildman–Crippen LogP) is 2.89. The van der Waals surface area contributed by atoms with Crippen LogP contribution < -0.4 is 10.1 Å². The molecular weight excluding hydrogens is 332 g/mol. The maximum atomic E-state index is 12.2. The third-order valence-electron chi connectivity index (χ3n) is 4.66. The molecule has 6 nitrogen and oxygen atoms in total. The first kappa shape index (κ1) is 19.8. The normalized spacial score (nSPS) is 14.7. The van der Waals surface area contributed by atoms with Crippen LogP contribution in [0.1, 0.15) is 29.5 Å². The van der Waals surface area contributed by atoms with Gasteiger partial charge in [-0.1, -0.05) is 24.8 Å². The molecular formula is C20H28N2O4. The first-order chi connectivity index (χ1) is 12.4. The van der Waals surface area contributed by atoms with Crippen LogP contribution in [0.5, 0.6) is 5.75 Å². The molecule has 0 bridgehead atoms. The molecule has 0 aromatic heterocycles. The summed E-state index contributed by atoms with van der Waals surface area (Å²) >= 11 is 0. The molecule has 0 unspecified atom stereocenters. The van der Waals surface area contributed by atoms with Gasteiger partial charge in [0, 0.05) is 19.1 Å². The van der Waals surface area contributed by atoms with Crippen LogP contribution in [0.2, 0.25) is 0 Å². The molecule has 1 aromatic rings. The van der Waals surface area contributed by atoms with Crippen LogP contribution in [0.3, 0.4) is 0 Å². The molecule has 6 heteroatoms. The molecule has 0 aliphatic carbocycles. The van der Waals surface area contributed by atoms with E-state index in [2.05, 4.69) is 11.9 Å². The Bertz CT molecular complexity index is 664. The van der Waals surface area contributed by atoms with E-state index in [1.165, 1.54) is 0 Å². The average molecular weight is 360 g/mol. The van der Waals surface area contributed by atoms with Crippen molar-refractivity contribution in [2.45, 2.75) is 39.7 Å². The van der Waals surface area contributed by atoms with Crippen LogP contribution in [-0.4, -0.2) is 49.2 Å². The molecule has 2 rings (SSSR count). The molecule has 2 amide bonds. The number of piperidine rings is 1. The SMILES string of the molecule is C=CCOC(=O)N1CCC(NC(=O)COc2c(C)ccc(C)c2C)CC1. The number of carbonyl (C=O) groups is 2. The van der Waals surface area contributed by atoms with Gasteiger partial charge in [0.2, 0.25) is 0 Å². The summed E-state index contributed by atoms with van der Waals surface area (Å²) in [6.07, 6.45) is 2.63. The van der Waals surface area contributed by atoms with E-state index in [1.54, 1.807) is 11.0 Å². The summed E-state index contributed by atoms with van der Waals surface area (Å²) in [5.74, 6) is 0.637. The maximum absolute atomic E-state index is 12.2. The number of hydrogen-bond acceptors (Lipinski definition) is 4. The number of amides is 2. The molecule has 26 heavy (non-hydrogen) atoms. The minimum absolute atomic E-state index is 0.00722. The number of likely N-dealkylation sites (tertiary alicyclic amines) is 1. The lowest BCUT2D eigenvalue weighted by Crippen LogP contribution is -2.47. The summed E-state index contributed by atoms with van der Waals surface area (Å²) in [7, 11) is 0. The summed E-state index contributed by atoms with van der Waals surface area (Å²) < 4.78 is 10.8. The number of carbonyl (C=O) groups excluding carboxylic acids is 2. The van der Waals surface area contributed by atoms with Gasteiger partial charge in [-0.2, -0.15) is 0 Å². The molecule has 1 fully saturated rings. The number of ether oxygens (including phenoxy) is 2. The van der Waals surface area contributed by atoms with Crippen molar-refractivity contribution in [2.75, 3.05) is 26.3 Å². The second-order valence-electron chi connectivity index (χ2n) is 6.64. The van der Waals surface area contributed by atoms with Crippen molar-refractivity contribution in [1.82, 2.24) is 10.2 Å². The first-order valence-corrected chi connectivity index (χ1v) is 8.94. The number of benzene rings is 1. The fraction of sp³-hybridized carbons (Fsp3) is 0.500. The van der Waals surface area contributed by atoms with Gasteiger partial charge in [0.05, 0.1) is 0 Å². The van der Waals surface area contributed by atoms with Crippen LogP contribution in [-0.2, 0) is 9.53 Å². The van der Waals surface area contributed by atoms with E-state index in [0.717, 1.165) is 22.4 Å². The van der Waals surface area contributed by atoms with Gasteiger partial charge in [0.1, 0.15) is 12.4 Å². The topological polar surface area (TPSA) is 67.9 Å². The fourth-order valence-corrected chi connectivity index (χ4v) is 2.98. The van der Waals surface area contributed by atoms with Gasteiger partial charge in [0.25, 0.3) is 5.91 Å². The first-order valence-electron chi connectivity index (χ1n) is 8.94. The summed E-state index contributed by atoms with van der Waals surface area (Å²) in [5, 5.41) is 2.99. The molecule has 0 radical (unpaired) electrons. The van der Waals surface area contributed by atoms with Crippen molar-refractivity contribution in [3.05, 3.63) is 41.5 Å². The van der Waals surface area contributed by atoms with Crippen LogP contribution in [0, 0.1) is 20.8 Å². The highest BCUT2D eigenvalue weighted by Crippen LogP contribution is 2.25. The molecule has 0 spiro atoms. The van der Waals surface area contributed by atoms with E-state index in [-0.39, 0.29) is 31.3 Å². The van der Waals surface area contributed by atoms with Gasteiger partial charge in [-0.25, -0.2) is 4.79 Å². The zero-order valence-electron chi connectivity index (χ0n) is 15.8. The van der Waals surface area contributed by atoms with Gasteiger partial charge >= 0.3 is 6.09 Å². The highest BCUT2D eigenvalue weighted by molar-refractivity contribution is 5.78. The zero-order chi connectivity index (χ0) is 19.1. The second-order valence-corrected chi connectivity index (χ2v) is 6.64. The summed E-state index contributed by atoms with van der Waals surface area (Å²) in [6.45, 7) is 10.9. The number of nitrogens with one attached hydrogen (secondary N) is 1. The monoisotopic (exact) mass is 360 g/mol. The average Bonchev–Trinajstić information content (AvgIpc) is 2.63. The van der Waals surface area contributed by atoms with Gasteiger partial charge < -0.3 is 19.7 Å². The lowest BCUT2D eigenvalue weighted by atomic mass is 10.1. The highest BCUT2D eigenvalue weighted by Gasteiger charge is 2.24. The molecule has 1 N–H and O–H groups in total. The van der Waals surface area contributed by atoms with E-state index in [9.17, 15) is 9.59 Å². The molecule has 142 valence electrons. The van der Waals surface area contributed by atoms with Crippen LogP contribution >= 0.6 is 0 Å². The Kier molecular flexibility index (Phi) is 7.06. The van der Waals surface area contributed by atoms with Gasteiger partial charge in [-0.15, -0.1) is 0 Å². The van der Waals surface area contributed by atoms with Gasteiger partial charge in [-0.05, 0) is 50.3 Å². The Morgan fingerprint density at radius 2 is 1.88 bits per heavy atom. The van der Waals surface area contributed by atoms with Crippen molar-refractivity contribution in [1.29, 1.82) is 0 Å². The zero-order valence-corrected chi connectivity index (χ0v) is 15.8. The van der Waals surface area contributed by atoms with Crippen LogP contribution in [0.25, 0.3) is 0 Å². The van der Waals surface area contributed by atoms with Crippen molar-refractivity contribution < 1.29 is 19.1 Å². The van der Waals surface area contributed by atoms with Gasteiger partial charge in [-0.3, -0.25) is 4.79 Å². The lowest BCUT2D eigenvalue weighted by molar-refractivity contribution is -0.124. The van der Waals surface area contributed by atoms with Crippen molar-refractivity contribution in [3.8, 4) is 5.75 Å². The quantitative estimate of drug-likeness (QED) is 0.792. The number of hydrogen-bond donors (Lipinski definition) is 1. The Morgan fingerprint density at radius 1 is 1.23 bits per heavy atom. The Balaban J connectivity index is 1.77. The molecule has 1 aliphatic heterocycles. The minimum atomic E-state index is -0.330. The molecule has 1 aromatic carbocycles. The maximum Gasteiger partial charge on any atom is 0.410 e. The van der Waals surface area contributed by atoms with E-state index in [0.29, 0.717) is 25.9 Å². The van der Waals surface area contributed by atoms with E-state index < -0.39 is 0 Å². The molecule has 1 aliphatic rings. The van der Waals surface area contributed by atoms with Crippen molar-refractivity contribution in [2.24, 2.45) is 0 Å². The minimum Gasteiger partial charge on any atom is -0.483 e. The molecule has 0 saturated carbocycles. The van der Waals surface area contributed by atoms with E-state index in [4.69, 9.17) is 9.47 Å². The van der Waals surface area contributed by atoms with Crippen molar-refractivity contribution >= 4 is 12.0 Å². The Morgan fingerprint density at radius 3 is 2.54 bits per heavy atom. The van der Waals surface area contributed by atoms with Crippen LogP contribution in [0.15, 0.2) is 24.8 Å². The second kappa shape index (κ2) is 9.27. The Labute approximate surface area is 155 Å². The number of rotatable bonds is 6. The largest absolute Gasteiger partial charge is 0.483 e. The fourth-order valence-electron chi connectivity index (χ4n) is 2.98. The molecule has 1 saturated heterocycles. The van der Waals surface area contributed by atoms with Crippen LogP contribution in [0.4, 0.5) is 4.79 Å². The number of nitrogens with zero attached hydrogens (tertiary/aromatic N) is 1. The molecule has 0 atom stereocenters. The standard InChI is InChI=1S/C20H28N2O4/c1-5-12-25-20(24)22-10-8-17(9-11-22)21-18(23)13-26-19-15(3)7-6-14(2)16(19)4/h5-7,17H,1,8-13H2,2-4H3,(H,21,23). The number of aryl methyl sites for hydroxylation is 2.